The molecule has 18 heavy (non-hydrogen) atoms. The summed E-state index contributed by atoms with van der Waals surface area (Å²) in [4.78, 5) is 0. The standard InChI is InChI=1S/C16H22O2/c1-14(2)12-9-10-15(14,3)16(18,13(12)17)11-7-5-4-6-8-11/h4-8,12-13,17-18H,9-10H2,1-3H3. The maximum absolute atomic E-state index is 11.3. The lowest BCUT2D eigenvalue weighted by molar-refractivity contribution is -0.154. The number of fused-ring (bicyclic) bond motifs is 2. The highest BCUT2D eigenvalue weighted by Gasteiger charge is 2.73. The summed E-state index contributed by atoms with van der Waals surface area (Å²) in [6.07, 6.45) is 1.33. The number of rotatable bonds is 1. The van der Waals surface area contributed by atoms with E-state index < -0.39 is 11.7 Å². The monoisotopic (exact) mass is 246 g/mol. The van der Waals surface area contributed by atoms with Crippen LogP contribution in [0.25, 0.3) is 0 Å². The average Bonchev–Trinajstić information content (AvgIpc) is 2.65. The van der Waals surface area contributed by atoms with Crippen molar-refractivity contribution in [2.24, 2.45) is 16.7 Å². The van der Waals surface area contributed by atoms with E-state index in [0.717, 1.165) is 18.4 Å². The molecule has 98 valence electrons. The Morgan fingerprint density at radius 1 is 1.11 bits per heavy atom. The van der Waals surface area contributed by atoms with E-state index >= 15 is 0 Å². The van der Waals surface area contributed by atoms with Gasteiger partial charge in [-0.1, -0.05) is 51.1 Å². The Bertz CT molecular complexity index is 467. The summed E-state index contributed by atoms with van der Waals surface area (Å²) >= 11 is 0. The molecule has 1 aromatic carbocycles. The topological polar surface area (TPSA) is 40.5 Å². The molecule has 2 bridgehead atoms. The van der Waals surface area contributed by atoms with Crippen LogP contribution in [0.3, 0.4) is 0 Å². The molecule has 4 atom stereocenters. The minimum Gasteiger partial charge on any atom is -0.389 e. The molecule has 0 heterocycles. The van der Waals surface area contributed by atoms with Gasteiger partial charge in [0.2, 0.25) is 0 Å². The Kier molecular flexibility index (Phi) is 2.28. The molecule has 4 unspecified atom stereocenters. The van der Waals surface area contributed by atoms with Gasteiger partial charge in [-0.15, -0.1) is 0 Å². The molecule has 2 heteroatoms. The van der Waals surface area contributed by atoms with Crippen LogP contribution < -0.4 is 0 Å². The van der Waals surface area contributed by atoms with Crippen molar-refractivity contribution in [3.8, 4) is 0 Å². The lowest BCUT2D eigenvalue weighted by atomic mass is 9.62. The van der Waals surface area contributed by atoms with E-state index in [9.17, 15) is 10.2 Å². The van der Waals surface area contributed by atoms with Gasteiger partial charge in [0.05, 0.1) is 6.10 Å². The predicted octanol–water partition coefficient (Wildman–Crippen LogP) is 2.69. The fourth-order valence-electron chi connectivity index (χ4n) is 4.57. The van der Waals surface area contributed by atoms with Crippen LogP contribution in [-0.4, -0.2) is 16.3 Å². The third kappa shape index (κ3) is 1.07. The average molecular weight is 246 g/mol. The molecule has 0 aromatic heterocycles. The van der Waals surface area contributed by atoms with Gasteiger partial charge in [0, 0.05) is 5.41 Å². The van der Waals surface area contributed by atoms with Gasteiger partial charge in [-0.2, -0.15) is 0 Å². The first kappa shape index (κ1) is 12.2. The normalized spacial score (nSPS) is 45.4. The summed E-state index contributed by atoms with van der Waals surface area (Å²) in [6, 6.07) is 9.68. The molecule has 2 fully saturated rings. The molecule has 0 spiro atoms. The van der Waals surface area contributed by atoms with Crippen LogP contribution in [0.4, 0.5) is 0 Å². The van der Waals surface area contributed by atoms with Gasteiger partial charge in [-0.25, -0.2) is 0 Å². The zero-order valence-electron chi connectivity index (χ0n) is 11.4. The lowest BCUT2D eigenvalue weighted by Gasteiger charge is -2.46. The molecular weight excluding hydrogens is 224 g/mol. The second-order valence-corrected chi connectivity index (χ2v) is 6.78. The largest absolute Gasteiger partial charge is 0.389 e. The van der Waals surface area contributed by atoms with Crippen molar-refractivity contribution in [3.63, 3.8) is 0 Å². The molecule has 2 aliphatic rings. The molecule has 3 rings (SSSR count). The quantitative estimate of drug-likeness (QED) is 0.800. The van der Waals surface area contributed by atoms with Crippen molar-refractivity contribution in [1.29, 1.82) is 0 Å². The second kappa shape index (κ2) is 3.37. The summed E-state index contributed by atoms with van der Waals surface area (Å²) in [5.41, 5.74) is -0.543. The Morgan fingerprint density at radius 2 is 1.72 bits per heavy atom. The molecule has 2 nitrogen and oxygen atoms in total. The van der Waals surface area contributed by atoms with Crippen molar-refractivity contribution < 1.29 is 10.2 Å². The van der Waals surface area contributed by atoms with Crippen molar-refractivity contribution >= 4 is 0 Å². The fourth-order valence-corrected chi connectivity index (χ4v) is 4.57. The van der Waals surface area contributed by atoms with Crippen LogP contribution in [0.1, 0.15) is 39.2 Å². The van der Waals surface area contributed by atoms with E-state index in [4.69, 9.17) is 0 Å². The Balaban J connectivity index is 2.19. The third-order valence-corrected chi connectivity index (χ3v) is 6.17. The molecule has 0 radical (unpaired) electrons. The zero-order valence-corrected chi connectivity index (χ0v) is 11.4. The van der Waals surface area contributed by atoms with Crippen molar-refractivity contribution in [1.82, 2.24) is 0 Å². The molecule has 1 aromatic rings. The van der Waals surface area contributed by atoms with E-state index in [-0.39, 0.29) is 16.7 Å². The summed E-state index contributed by atoms with van der Waals surface area (Å²) in [5, 5.41) is 21.9. The first-order valence-electron chi connectivity index (χ1n) is 6.81. The van der Waals surface area contributed by atoms with Crippen molar-refractivity contribution in [2.45, 2.75) is 45.3 Å². The SMILES string of the molecule is CC1(C)C2CCC1(C)C(O)(c1ccccc1)C2O. The van der Waals surface area contributed by atoms with Gasteiger partial charge in [-0.3, -0.25) is 0 Å². The van der Waals surface area contributed by atoms with Gasteiger partial charge >= 0.3 is 0 Å². The van der Waals surface area contributed by atoms with Gasteiger partial charge in [0.25, 0.3) is 0 Å². The Labute approximate surface area is 109 Å². The first-order valence-corrected chi connectivity index (χ1v) is 6.81. The summed E-state index contributed by atoms with van der Waals surface area (Å²) in [7, 11) is 0. The number of aliphatic hydroxyl groups is 2. The van der Waals surface area contributed by atoms with Crippen LogP contribution in [0.15, 0.2) is 30.3 Å². The predicted molar refractivity (Wildman–Crippen MR) is 71.0 cm³/mol. The van der Waals surface area contributed by atoms with Crippen LogP contribution >= 0.6 is 0 Å². The van der Waals surface area contributed by atoms with Crippen LogP contribution in [-0.2, 0) is 5.60 Å². The van der Waals surface area contributed by atoms with E-state index in [2.05, 4.69) is 20.8 Å². The van der Waals surface area contributed by atoms with Crippen molar-refractivity contribution in [3.05, 3.63) is 35.9 Å². The van der Waals surface area contributed by atoms with Gasteiger partial charge < -0.3 is 10.2 Å². The Hall–Kier alpha value is -0.860. The number of hydrogen-bond acceptors (Lipinski definition) is 2. The van der Waals surface area contributed by atoms with Crippen LogP contribution in [0, 0.1) is 16.7 Å². The smallest absolute Gasteiger partial charge is 0.121 e. The summed E-state index contributed by atoms with van der Waals surface area (Å²) < 4.78 is 0. The zero-order chi connectivity index (χ0) is 13.2. The van der Waals surface area contributed by atoms with E-state index in [1.807, 2.05) is 30.3 Å². The highest BCUT2D eigenvalue weighted by atomic mass is 16.3. The maximum atomic E-state index is 11.3. The molecule has 0 saturated heterocycles. The highest BCUT2D eigenvalue weighted by molar-refractivity contribution is 5.34. The summed E-state index contributed by atoms with van der Waals surface area (Å²) in [6.45, 7) is 6.51. The molecule has 2 N–H and O–H groups in total. The van der Waals surface area contributed by atoms with Crippen LogP contribution in [0.2, 0.25) is 0 Å². The number of hydrogen-bond donors (Lipinski definition) is 2. The molecule has 2 saturated carbocycles. The summed E-state index contributed by atoms with van der Waals surface area (Å²) in [5.74, 6) is 0.188. The first-order chi connectivity index (χ1) is 8.36. The third-order valence-electron chi connectivity index (χ3n) is 6.17. The minimum absolute atomic E-state index is 0.0307. The van der Waals surface area contributed by atoms with E-state index in [1.54, 1.807) is 0 Å². The molecule has 2 aliphatic carbocycles. The molecule has 0 aliphatic heterocycles. The highest BCUT2D eigenvalue weighted by Crippen LogP contribution is 2.72. The minimum atomic E-state index is -1.11. The second-order valence-electron chi connectivity index (χ2n) is 6.78. The van der Waals surface area contributed by atoms with Gasteiger partial charge in [-0.05, 0) is 29.7 Å². The molecule has 0 amide bonds. The van der Waals surface area contributed by atoms with Gasteiger partial charge in [0.15, 0.2) is 0 Å². The lowest BCUT2D eigenvalue weighted by Crippen LogP contribution is -2.50. The maximum Gasteiger partial charge on any atom is 0.121 e. The van der Waals surface area contributed by atoms with Crippen LogP contribution in [0.5, 0.6) is 0 Å². The van der Waals surface area contributed by atoms with Crippen molar-refractivity contribution in [2.75, 3.05) is 0 Å². The molecular formula is C16H22O2. The van der Waals surface area contributed by atoms with E-state index in [0.29, 0.717) is 0 Å². The number of benzene rings is 1. The fraction of sp³-hybridized carbons (Fsp3) is 0.625. The van der Waals surface area contributed by atoms with E-state index in [1.165, 1.54) is 0 Å². The van der Waals surface area contributed by atoms with Gasteiger partial charge in [0.1, 0.15) is 5.60 Å². The number of aliphatic hydroxyl groups excluding tert-OH is 1. The Morgan fingerprint density at radius 3 is 2.22 bits per heavy atom.